The van der Waals surface area contributed by atoms with Crippen LogP contribution in [0.2, 0.25) is 0 Å². The van der Waals surface area contributed by atoms with E-state index >= 15 is 0 Å². The molecule has 0 saturated carbocycles. The normalized spacial score (nSPS) is 17.6. The molecule has 1 heterocycles. The lowest BCUT2D eigenvalue weighted by Crippen LogP contribution is -1.97. The van der Waals surface area contributed by atoms with Crippen molar-refractivity contribution in [3.05, 3.63) is 60.0 Å². The lowest BCUT2D eigenvalue weighted by Gasteiger charge is -2.07. The van der Waals surface area contributed by atoms with E-state index < -0.39 is 5.97 Å². The molecule has 0 fully saturated rings. The van der Waals surface area contributed by atoms with Crippen molar-refractivity contribution in [3.63, 3.8) is 0 Å². The lowest BCUT2D eigenvalue weighted by atomic mass is 10.1. The van der Waals surface area contributed by atoms with Gasteiger partial charge in [-0.25, -0.2) is 9.78 Å². The Kier molecular flexibility index (Phi) is 3.75. The summed E-state index contributed by atoms with van der Waals surface area (Å²) in [7, 11) is 0. The standard InChI is InChI=1S/C16H12BrNO3/c17-13-6-4-10(5-7-13)14-9-21-15(18-14)11-2-1-3-12(8-11)16(19)20/h1-6,8-9,13H,7H2,(H,19,20). The first kappa shape index (κ1) is 13.8. The van der Waals surface area contributed by atoms with E-state index in [0.717, 1.165) is 17.7 Å². The average Bonchev–Trinajstić information content (AvgIpc) is 2.98. The number of alkyl halides is 1. The quantitative estimate of drug-likeness (QED) is 0.848. The van der Waals surface area contributed by atoms with Crippen molar-refractivity contribution in [3.8, 4) is 11.5 Å². The number of aromatic carboxylic acids is 1. The van der Waals surface area contributed by atoms with Gasteiger partial charge in [0.2, 0.25) is 5.89 Å². The van der Waals surface area contributed by atoms with Crippen LogP contribution in [0.1, 0.15) is 22.5 Å². The minimum Gasteiger partial charge on any atom is -0.478 e. The number of carboxylic acid groups (broad SMARTS) is 1. The molecule has 1 atom stereocenters. The van der Waals surface area contributed by atoms with Crippen LogP contribution in [-0.4, -0.2) is 20.9 Å². The zero-order valence-electron chi connectivity index (χ0n) is 11.0. The number of hydrogen-bond acceptors (Lipinski definition) is 3. The van der Waals surface area contributed by atoms with Crippen LogP contribution in [0.3, 0.4) is 0 Å². The van der Waals surface area contributed by atoms with Crippen molar-refractivity contribution in [2.24, 2.45) is 0 Å². The van der Waals surface area contributed by atoms with Crippen molar-refractivity contribution in [2.45, 2.75) is 11.2 Å². The second kappa shape index (κ2) is 5.69. The van der Waals surface area contributed by atoms with Crippen LogP contribution >= 0.6 is 15.9 Å². The van der Waals surface area contributed by atoms with Crippen LogP contribution < -0.4 is 0 Å². The van der Waals surface area contributed by atoms with E-state index in [9.17, 15) is 4.79 Å². The fraction of sp³-hybridized carbons (Fsp3) is 0.125. The first-order valence-corrected chi connectivity index (χ1v) is 7.37. The summed E-state index contributed by atoms with van der Waals surface area (Å²) in [6.45, 7) is 0. The van der Waals surface area contributed by atoms with Gasteiger partial charge in [-0.1, -0.05) is 40.2 Å². The van der Waals surface area contributed by atoms with Crippen molar-refractivity contribution in [2.75, 3.05) is 0 Å². The van der Waals surface area contributed by atoms with Crippen molar-refractivity contribution in [1.29, 1.82) is 0 Å². The molecular weight excluding hydrogens is 334 g/mol. The molecule has 1 unspecified atom stereocenters. The molecular formula is C16H12BrNO3. The molecule has 1 N–H and O–H groups in total. The van der Waals surface area contributed by atoms with Gasteiger partial charge in [-0.05, 0) is 30.2 Å². The Morgan fingerprint density at radius 2 is 2.29 bits per heavy atom. The van der Waals surface area contributed by atoms with E-state index in [2.05, 4.69) is 33.1 Å². The Bertz CT molecular complexity index is 745. The number of nitrogens with zero attached hydrogens (tertiary/aromatic N) is 1. The first-order valence-electron chi connectivity index (χ1n) is 6.45. The minimum absolute atomic E-state index is 0.214. The van der Waals surface area contributed by atoms with Gasteiger partial charge in [0.25, 0.3) is 0 Å². The Hall–Kier alpha value is -2.14. The highest BCUT2D eigenvalue weighted by atomic mass is 79.9. The molecule has 4 nitrogen and oxygen atoms in total. The second-order valence-electron chi connectivity index (χ2n) is 4.69. The average molecular weight is 346 g/mol. The van der Waals surface area contributed by atoms with Crippen LogP contribution in [-0.2, 0) is 0 Å². The number of halogens is 1. The summed E-state index contributed by atoms with van der Waals surface area (Å²) in [5, 5.41) is 9.02. The van der Waals surface area contributed by atoms with E-state index in [1.54, 1.807) is 24.5 Å². The summed E-state index contributed by atoms with van der Waals surface area (Å²) in [6.07, 6.45) is 8.65. The fourth-order valence-electron chi connectivity index (χ4n) is 2.11. The van der Waals surface area contributed by atoms with Gasteiger partial charge < -0.3 is 9.52 Å². The number of oxazole rings is 1. The van der Waals surface area contributed by atoms with Gasteiger partial charge in [0.05, 0.1) is 5.56 Å². The van der Waals surface area contributed by atoms with Gasteiger partial charge in [0.15, 0.2) is 0 Å². The summed E-state index contributed by atoms with van der Waals surface area (Å²) in [4.78, 5) is 15.8. The van der Waals surface area contributed by atoms with E-state index in [0.29, 0.717) is 16.3 Å². The predicted molar refractivity (Wildman–Crippen MR) is 83.3 cm³/mol. The third-order valence-corrected chi connectivity index (χ3v) is 3.88. The van der Waals surface area contributed by atoms with Crippen molar-refractivity contribution >= 4 is 27.5 Å². The molecule has 21 heavy (non-hydrogen) atoms. The van der Waals surface area contributed by atoms with Gasteiger partial charge in [-0.2, -0.15) is 0 Å². The number of aromatic nitrogens is 1. The zero-order valence-corrected chi connectivity index (χ0v) is 12.6. The molecule has 0 radical (unpaired) electrons. The van der Waals surface area contributed by atoms with E-state index in [1.165, 1.54) is 6.07 Å². The molecule has 3 rings (SSSR count). The molecule has 0 aliphatic heterocycles. The van der Waals surface area contributed by atoms with Gasteiger partial charge >= 0.3 is 5.97 Å². The molecule has 1 aromatic heterocycles. The molecule has 5 heteroatoms. The highest BCUT2D eigenvalue weighted by Crippen LogP contribution is 2.27. The molecule has 1 aliphatic rings. The van der Waals surface area contributed by atoms with Crippen LogP contribution in [0.15, 0.2) is 53.2 Å². The maximum absolute atomic E-state index is 11.0. The molecule has 0 saturated heterocycles. The summed E-state index contributed by atoms with van der Waals surface area (Å²) in [5.74, 6) is -0.548. The molecule has 0 spiro atoms. The van der Waals surface area contributed by atoms with Crippen LogP contribution in [0, 0.1) is 0 Å². The summed E-state index contributed by atoms with van der Waals surface area (Å²) in [5.41, 5.74) is 2.63. The predicted octanol–water partition coefficient (Wildman–Crippen LogP) is 4.15. The lowest BCUT2D eigenvalue weighted by molar-refractivity contribution is 0.0697. The topological polar surface area (TPSA) is 63.3 Å². The number of carbonyl (C=O) groups is 1. The Balaban J connectivity index is 1.90. The van der Waals surface area contributed by atoms with Crippen LogP contribution in [0.4, 0.5) is 0 Å². The monoisotopic (exact) mass is 345 g/mol. The molecule has 1 aromatic carbocycles. The highest BCUT2D eigenvalue weighted by Gasteiger charge is 2.13. The van der Waals surface area contributed by atoms with Gasteiger partial charge in [-0.3, -0.25) is 0 Å². The number of allylic oxidation sites excluding steroid dienone is 4. The zero-order chi connectivity index (χ0) is 14.8. The molecule has 106 valence electrons. The maximum atomic E-state index is 11.0. The maximum Gasteiger partial charge on any atom is 0.335 e. The molecule has 0 amide bonds. The number of benzene rings is 1. The SMILES string of the molecule is O=C(O)c1cccc(-c2nc(C3=CCC(Br)C=C3)co2)c1. The number of hydrogen-bond donors (Lipinski definition) is 1. The number of rotatable bonds is 3. The smallest absolute Gasteiger partial charge is 0.335 e. The Morgan fingerprint density at radius 1 is 1.43 bits per heavy atom. The molecule has 2 aromatic rings. The van der Waals surface area contributed by atoms with Crippen molar-refractivity contribution < 1.29 is 14.3 Å². The van der Waals surface area contributed by atoms with Crippen LogP contribution in [0.5, 0.6) is 0 Å². The first-order chi connectivity index (χ1) is 10.1. The van der Waals surface area contributed by atoms with Gasteiger partial charge in [-0.15, -0.1) is 0 Å². The summed E-state index contributed by atoms with van der Waals surface area (Å²) >= 11 is 3.52. The Labute approximate surface area is 129 Å². The minimum atomic E-state index is -0.968. The van der Waals surface area contributed by atoms with E-state index in [-0.39, 0.29) is 5.56 Å². The van der Waals surface area contributed by atoms with Gasteiger partial charge in [0, 0.05) is 10.4 Å². The summed E-state index contributed by atoms with van der Waals surface area (Å²) in [6, 6.07) is 6.55. The summed E-state index contributed by atoms with van der Waals surface area (Å²) < 4.78 is 5.48. The van der Waals surface area contributed by atoms with Crippen LogP contribution in [0.25, 0.3) is 17.0 Å². The van der Waals surface area contributed by atoms with Crippen molar-refractivity contribution in [1.82, 2.24) is 4.98 Å². The fourth-order valence-corrected chi connectivity index (χ4v) is 2.45. The Morgan fingerprint density at radius 3 is 3.00 bits per heavy atom. The number of carboxylic acids is 1. The molecule has 1 aliphatic carbocycles. The van der Waals surface area contributed by atoms with E-state index in [4.69, 9.17) is 9.52 Å². The largest absolute Gasteiger partial charge is 0.478 e. The highest BCUT2D eigenvalue weighted by molar-refractivity contribution is 9.09. The third kappa shape index (κ3) is 2.97. The second-order valence-corrected chi connectivity index (χ2v) is 5.87. The van der Waals surface area contributed by atoms with Gasteiger partial charge in [0.1, 0.15) is 12.0 Å². The molecule has 0 bridgehead atoms. The van der Waals surface area contributed by atoms with E-state index in [1.807, 2.05) is 6.08 Å². The third-order valence-electron chi connectivity index (χ3n) is 3.20.